The second-order valence-corrected chi connectivity index (χ2v) is 8.31. The first-order valence-corrected chi connectivity index (χ1v) is 10.7. The molecule has 0 saturated heterocycles. The summed E-state index contributed by atoms with van der Waals surface area (Å²) in [5.41, 5.74) is 3.06. The number of carbonyl (C=O) groups excluding carboxylic acids is 2. The maximum Gasteiger partial charge on any atom is 0.329 e. The number of hydrogen-bond donors (Lipinski definition) is 2. The van der Waals surface area contributed by atoms with E-state index < -0.39 is 12.0 Å². The number of carbonyl (C=O) groups is 2. The number of urea groups is 1. The molecule has 6 nitrogen and oxygen atoms in total. The van der Waals surface area contributed by atoms with Gasteiger partial charge in [0.25, 0.3) is 0 Å². The maximum atomic E-state index is 13.1. The number of esters is 1. The number of hydrogen-bond acceptors (Lipinski definition) is 4. The zero-order chi connectivity index (χ0) is 20.5. The first kappa shape index (κ1) is 19.5. The van der Waals surface area contributed by atoms with Gasteiger partial charge in [0.2, 0.25) is 0 Å². The van der Waals surface area contributed by atoms with Crippen LogP contribution in [0.2, 0.25) is 0 Å². The molecular formula is C22H25N3O3S. The Balaban J connectivity index is 1.94. The van der Waals surface area contributed by atoms with E-state index in [2.05, 4.69) is 35.4 Å². The fourth-order valence-corrected chi connectivity index (χ4v) is 5.19. The van der Waals surface area contributed by atoms with E-state index in [0.717, 1.165) is 33.5 Å². The van der Waals surface area contributed by atoms with Crippen LogP contribution in [0.15, 0.2) is 36.4 Å². The summed E-state index contributed by atoms with van der Waals surface area (Å²) in [6.07, 6.45) is 1.35. The van der Waals surface area contributed by atoms with Gasteiger partial charge >= 0.3 is 12.0 Å². The molecule has 4 rings (SSSR count). The number of H-pyrrole nitrogens is 1. The van der Waals surface area contributed by atoms with Gasteiger partial charge in [0.15, 0.2) is 0 Å². The van der Waals surface area contributed by atoms with Crippen molar-refractivity contribution in [3.63, 3.8) is 0 Å². The maximum absolute atomic E-state index is 13.1. The Morgan fingerprint density at radius 2 is 2.03 bits per heavy atom. The van der Waals surface area contributed by atoms with Gasteiger partial charge in [0.1, 0.15) is 12.1 Å². The molecule has 29 heavy (non-hydrogen) atoms. The van der Waals surface area contributed by atoms with Gasteiger partial charge in [-0.3, -0.25) is 4.90 Å². The van der Waals surface area contributed by atoms with Crippen LogP contribution < -0.4 is 5.32 Å². The molecule has 3 heterocycles. The lowest BCUT2D eigenvalue weighted by atomic mass is 9.91. The van der Waals surface area contributed by atoms with Crippen molar-refractivity contribution in [3.8, 4) is 0 Å². The van der Waals surface area contributed by atoms with Gasteiger partial charge in [-0.1, -0.05) is 25.1 Å². The number of rotatable bonds is 4. The predicted molar refractivity (Wildman–Crippen MR) is 114 cm³/mol. The summed E-state index contributed by atoms with van der Waals surface area (Å²) < 4.78 is 5.10. The van der Waals surface area contributed by atoms with Crippen molar-refractivity contribution >= 4 is 34.2 Å². The highest BCUT2D eigenvalue weighted by Crippen LogP contribution is 2.43. The molecule has 2 aromatic heterocycles. The molecule has 0 spiro atoms. The standard InChI is InChI=1S/C22H25N3O3S/c1-4-13-10-11-18(29-13)20-19-15(14-8-6-7-9-16(14)24-19)12-17(21(26)28-3)25(20)22(27)23-5-2/h6-11,17,20,24H,4-5,12H2,1-3H3,(H,23,27)/t17-,20-/m1/s1. The average Bonchev–Trinajstić information content (AvgIpc) is 3.36. The molecule has 2 amide bonds. The van der Waals surface area contributed by atoms with Crippen LogP contribution in [0.25, 0.3) is 10.9 Å². The summed E-state index contributed by atoms with van der Waals surface area (Å²) in [6.45, 7) is 4.47. The Hall–Kier alpha value is -2.80. The SMILES string of the molecule is CCNC(=O)N1[C@H](c2ccc(CC)s2)c2[nH]c3ccccc3c2C[C@@H]1C(=O)OC. The van der Waals surface area contributed by atoms with E-state index in [1.165, 1.54) is 12.0 Å². The summed E-state index contributed by atoms with van der Waals surface area (Å²) in [4.78, 5) is 33.3. The summed E-state index contributed by atoms with van der Waals surface area (Å²) in [5.74, 6) is -0.399. The molecular weight excluding hydrogens is 386 g/mol. The fraction of sp³-hybridized carbons (Fsp3) is 0.364. The zero-order valence-corrected chi connectivity index (χ0v) is 17.6. The van der Waals surface area contributed by atoms with E-state index in [0.29, 0.717) is 13.0 Å². The number of aryl methyl sites for hydroxylation is 1. The number of para-hydroxylation sites is 1. The second kappa shape index (κ2) is 7.91. The lowest BCUT2D eigenvalue weighted by molar-refractivity contribution is -0.146. The molecule has 152 valence electrons. The Kier molecular flexibility index (Phi) is 5.32. The molecule has 1 aliphatic heterocycles. The van der Waals surface area contributed by atoms with E-state index in [1.807, 2.05) is 25.1 Å². The highest BCUT2D eigenvalue weighted by molar-refractivity contribution is 7.12. The number of aromatic amines is 1. The molecule has 0 bridgehead atoms. The van der Waals surface area contributed by atoms with Gasteiger partial charge in [-0.2, -0.15) is 0 Å². The van der Waals surface area contributed by atoms with Crippen LogP contribution in [0, 0.1) is 0 Å². The van der Waals surface area contributed by atoms with Gasteiger partial charge in [-0.05, 0) is 37.1 Å². The van der Waals surface area contributed by atoms with Crippen LogP contribution in [-0.2, 0) is 22.4 Å². The number of aromatic nitrogens is 1. The molecule has 0 fully saturated rings. The topological polar surface area (TPSA) is 74.4 Å². The van der Waals surface area contributed by atoms with E-state index in [4.69, 9.17) is 4.74 Å². The number of ether oxygens (including phenoxy) is 1. The van der Waals surface area contributed by atoms with Crippen molar-refractivity contribution in [3.05, 3.63) is 57.4 Å². The third-order valence-corrected chi connectivity index (χ3v) is 6.75. The van der Waals surface area contributed by atoms with E-state index in [-0.39, 0.29) is 12.1 Å². The van der Waals surface area contributed by atoms with Gasteiger partial charge in [-0.15, -0.1) is 11.3 Å². The van der Waals surface area contributed by atoms with Crippen LogP contribution in [0.3, 0.4) is 0 Å². The average molecular weight is 412 g/mol. The first-order valence-electron chi connectivity index (χ1n) is 9.91. The number of methoxy groups -OCH3 is 1. The Morgan fingerprint density at radius 1 is 1.24 bits per heavy atom. The van der Waals surface area contributed by atoms with Crippen LogP contribution in [0.5, 0.6) is 0 Å². The Bertz CT molecular complexity index is 1050. The highest BCUT2D eigenvalue weighted by Gasteiger charge is 2.44. The number of benzene rings is 1. The second-order valence-electron chi connectivity index (χ2n) is 7.11. The summed E-state index contributed by atoms with van der Waals surface area (Å²) in [5, 5.41) is 3.97. The van der Waals surface area contributed by atoms with E-state index >= 15 is 0 Å². The Labute approximate surface area is 173 Å². The minimum atomic E-state index is -0.685. The third kappa shape index (κ3) is 3.29. The number of thiophene rings is 1. The first-order chi connectivity index (χ1) is 14.1. The molecule has 0 aliphatic carbocycles. The van der Waals surface area contributed by atoms with Crippen LogP contribution in [-0.4, -0.2) is 41.6 Å². The summed E-state index contributed by atoms with van der Waals surface area (Å²) in [6, 6.07) is 10.9. The van der Waals surface area contributed by atoms with Gasteiger partial charge in [-0.25, -0.2) is 9.59 Å². The lowest BCUT2D eigenvalue weighted by Gasteiger charge is -2.40. The van der Waals surface area contributed by atoms with E-state index in [1.54, 1.807) is 16.2 Å². The predicted octanol–water partition coefficient (Wildman–Crippen LogP) is 4.01. The summed E-state index contributed by atoms with van der Waals surface area (Å²) >= 11 is 1.68. The molecule has 0 radical (unpaired) electrons. The third-order valence-electron chi connectivity index (χ3n) is 5.47. The number of nitrogens with zero attached hydrogens (tertiary/aromatic N) is 1. The zero-order valence-electron chi connectivity index (χ0n) is 16.8. The largest absolute Gasteiger partial charge is 0.467 e. The molecule has 1 aliphatic rings. The number of amides is 2. The van der Waals surface area contributed by atoms with Crippen LogP contribution in [0.1, 0.15) is 40.9 Å². The number of nitrogens with one attached hydrogen (secondary N) is 2. The summed E-state index contributed by atoms with van der Waals surface area (Å²) in [7, 11) is 1.37. The molecule has 2 N–H and O–H groups in total. The minimum absolute atomic E-state index is 0.261. The normalized spacial score (nSPS) is 18.5. The molecule has 0 saturated carbocycles. The van der Waals surface area contributed by atoms with Crippen molar-refractivity contribution < 1.29 is 14.3 Å². The van der Waals surface area contributed by atoms with Gasteiger partial charge in [0.05, 0.1) is 7.11 Å². The molecule has 3 aromatic rings. The monoisotopic (exact) mass is 411 g/mol. The van der Waals surface area contributed by atoms with Crippen LogP contribution in [0.4, 0.5) is 4.79 Å². The highest BCUT2D eigenvalue weighted by atomic mass is 32.1. The smallest absolute Gasteiger partial charge is 0.329 e. The van der Waals surface area contributed by atoms with E-state index in [9.17, 15) is 9.59 Å². The van der Waals surface area contributed by atoms with Crippen molar-refractivity contribution in [2.75, 3.05) is 13.7 Å². The van der Waals surface area contributed by atoms with Gasteiger partial charge in [0, 0.05) is 39.3 Å². The lowest BCUT2D eigenvalue weighted by Crippen LogP contribution is -2.54. The van der Waals surface area contributed by atoms with Crippen molar-refractivity contribution in [1.29, 1.82) is 0 Å². The van der Waals surface area contributed by atoms with Crippen molar-refractivity contribution in [2.45, 2.75) is 38.8 Å². The molecule has 2 atom stereocenters. The molecule has 7 heteroatoms. The number of fused-ring (bicyclic) bond motifs is 3. The van der Waals surface area contributed by atoms with Crippen molar-refractivity contribution in [2.24, 2.45) is 0 Å². The van der Waals surface area contributed by atoms with Crippen LogP contribution >= 0.6 is 11.3 Å². The molecule has 1 aromatic carbocycles. The minimum Gasteiger partial charge on any atom is -0.467 e. The molecule has 0 unspecified atom stereocenters. The quantitative estimate of drug-likeness (QED) is 0.637. The van der Waals surface area contributed by atoms with Crippen molar-refractivity contribution in [1.82, 2.24) is 15.2 Å². The van der Waals surface area contributed by atoms with Gasteiger partial charge < -0.3 is 15.0 Å². The Morgan fingerprint density at radius 3 is 2.72 bits per heavy atom. The fourth-order valence-electron chi connectivity index (χ4n) is 4.13.